The zero-order valence-corrected chi connectivity index (χ0v) is 72.3. The molecule has 0 unspecified atom stereocenters. The topological polar surface area (TPSA) is 297 Å². The molecular weight excluding hydrogens is 1590 g/mol. The van der Waals surface area contributed by atoms with Gasteiger partial charge in [0, 0.05) is 181 Å². The Morgan fingerprint density at radius 2 is 1.34 bits per heavy atom. The maximum atomic E-state index is 13.7. The Kier molecular flexibility index (Phi) is 31.8. The van der Waals surface area contributed by atoms with E-state index < -0.39 is 5.82 Å². The summed E-state index contributed by atoms with van der Waals surface area (Å²) in [5.41, 5.74) is 15.5. The molecule has 8 N–H and O–H groups in total. The summed E-state index contributed by atoms with van der Waals surface area (Å²) in [6.45, 7) is 29.1. The number of aryl methyl sites for hydroxylation is 2. The number of pyridine rings is 1. The Labute approximate surface area is 730 Å². The molecule has 5 aliphatic heterocycles. The van der Waals surface area contributed by atoms with Crippen molar-refractivity contribution in [3.8, 4) is 17.2 Å². The van der Waals surface area contributed by atoms with Crippen molar-refractivity contribution in [3.05, 3.63) is 237 Å². The van der Waals surface area contributed by atoms with Gasteiger partial charge in [0.05, 0.1) is 47.7 Å². The number of likely N-dealkylation sites (N-methyl/N-ethyl adjacent to an activating group) is 1. The maximum absolute atomic E-state index is 13.7. The maximum Gasteiger partial charge on any atom is 0.321 e. The number of likely N-dealkylation sites (tertiary alicyclic amines) is 1. The van der Waals surface area contributed by atoms with Gasteiger partial charge in [0.25, 0.3) is 17.7 Å². The van der Waals surface area contributed by atoms with Crippen molar-refractivity contribution < 1.29 is 42.6 Å². The highest BCUT2D eigenvalue weighted by atomic mass is 35.5. The Morgan fingerprint density at radius 3 is 2.04 bits per heavy atom. The fourth-order valence-corrected chi connectivity index (χ4v) is 16.0. The number of carbonyl (C=O) groups excluding carboxylic acids is 5. The number of piperidine rings is 1. The largest absolute Gasteiger partial charge is 0.493 e. The minimum atomic E-state index is -0.404. The number of amides is 6. The van der Waals surface area contributed by atoms with E-state index in [9.17, 15) is 28.4 Å². The van der Waals surface area contributed by atoms with E-state index in [0.717, 1.165) is 166 Å². The third kappa shape index (κ3) is 23.2. The summed E-state index contributed by atoms with van der Waals surface area (Å²) >= 11 is 5.95. The average molecular weight is 1700 g/mol. The number of benzene rings is 6. The van der Waals surface area contributed by atoms with E-state index in [2.05, 4.69) is 115 Å². The summed E-state index contributed by atoms with van der Waals surface area (Å²) < 4.78 is 31.2. The van der Waals surface area contributed by atoms with Crippen LogP contribution < -0.4 is 51.0 Å². The number of nitrogens with one attached hydrogen (secondary N) is 8. The number of methoxy groups -OCH3 is 1. The molecule has 0 bridgehead atoms. The first-order valence-corrected chi connectivity index (χ1v) is 42.8. The normalized spacial score (nSPS) is 14.9. The van der Waals surface area contributed by atoms with E-state index in [0.29, 0.717) is 102 Å². The summed E-state index contributed by atoms with van der Waals surface area (Å²) in [4.78, 5) is 93.3. The van der Waals surface area contributed by atoms with Gasteiger partial charge < -0.3 is 80.6 Å². The number of rotatable bonds is 25. The quantitative estimate of drug-likeness (QED) is 0.0195. The van der Waals surface area contributed by atoms with Crippen LogP contribution in [-0.2, 0) is 27.2 Å². The average Bonchev–Trinajstić information content (AvgIpc) is 1.40. The van der Waals surface area contributed by atoms with Gasteiger partial charge >= 0.3 is 6.03 Å². The van der Waals surface area contributed by atoms with E-state index in [4.69, 9.17) is 25.8 Å². The molecule has 0 atom stereocenters. The Bertz CT molecular complexity index is 5580. The van der Waals surface area contributed by atoms with Gasteiger partial charge in [-0.05, 0) is 219 Å². The van der Waals surface area contributed by atoms with Crippen molar-refractivity contribution in [1.29, 1.82) is 0 Å². The van der Waals surface area contributed by atoms with Crippen LogP contribution in [0.25, 0.3) is 45.0 Å². The van der Waals surface area contributed by atoms with Crippen molar-refractivity contribution in [2.75, 3.05) is 138 Å². The molecule has 0 saturated carbocycles. The number of piperazine rings is 2. The van der Waals surface area contributed by atoms with Crippen molar-refractivity contribution in [2.45, 2.75) is 114 Å². The van der Waals surface area contributed by atoms with Crippen molar-refractivity contribution in [2.24, 2.45) is 0 Å². The van der Waals surface area contributed by atoms with Gasteiger partial charge in [-0.2, -0.15) is 5.10 Å². The number of ether oxygens (including phenoxy) is 3. The third-order valence-corrected chi connectivity index (χ3v) is 22.9. The van der Waals surface area contributed by atoms with E-state index >= 15 is 0 Å². The second-order valence-electron chi connectivity index (χ2n) is 31.2. The highest BCUT2D eigenvalue weighted by Crippen LogP contribution is 2.39. The van der Waals surface area contributed by atoms with Gasteiger partial charge in [0.2, 0.25) is 5.91 Å². The number of hydrogen-bond donors (Lipinski definition) is 8. The zero-order chi connectivity index (χ0) is 86.5. The number of halogens is 2. The summed E-state index contributed by atoms with van der Waals surface area (Å²) in [6.07, 6.45) is 15.7. The first-order valence-electron chi connectivity index (χ1n) is 42.4. The lowest BCUT2D eigenvalue weighted by Crippen LogP contribution is -2.50. The minimum Gasteiger partial charge on any atom is -0.493 e. The van der Waals surface area contributed by atoms with Gasteiger partial charge in [0.15, 0.2) is 17.3 Å². The van der Waals surface area contributed by atoms with Gasteiger partial charge in [-0.25, -0.2) is 19.2 Å². The predicted molar refractivity (Wildman–Crippen MR) is 494 cm³/mol. The van der Waals surface area contributed by atoms with E-state index in [-0.39, 0.29) is 43.2 Å². The molecule has 6 amide bonds. The van der Waals surface area contributed by atoms with Crippen molar-refractivity contribution in [3.63, 3.8) is 0 Å². The Balaban J connectivity index is 0.000000153. The molecule has 0 radical (unpaired) electrons. The number of aromatic nitrogens is 7. The number of carbonyl (C=O) groups is 5. The van der Waals surface area contributed by atoms with Gasteiger partial charge in [-0.15, -0.1) is 5.10 Å². The summed E-state index contributed by atoms with van der Waals surface area (Å²) in [5.74, 6) is 3.03. The lowest BCUT2D eigenvalue weighted by Gasteiger charge is -2.35. The molecule has 28 heteroatoms. The SMILES string of the molecule is C.CCN(CC)CCNC(=O)c1c(C)[nH]c(/C=C2\C(=O)Nc3ccc(F)cc32)c1C.COc1cc2c(N3CCN(C(=O)Nc4ccc(OC(C)C)cc4)CC3)ncnc2cc1OCCCN1CCCCC1.Cc1[nH]c(/C=C2\C(=O)Nc3ccccc32)c(C)c1CCC(=O)N1CCNCC1.Clc1ccc(Nc2nnc(Cc3ccncc3)c3ccccc23)cc1. The second kappa shape index (κ2) is 43.5. The van der Waals surface area contributed by atoms with Crippen LogP contribution >= 0.6 is 11.6 Å². The number of hydrogen-bond acceptors (Lipinski definition) is 18. The molecule has 3 saturated heterocycles. The highest BCUT2D eigenvalue weighted by Gasteiger charge is 2.30. The molecule has 10 heterocycles. The van der Waals surface area contributed by atoms with Crippen molar-refractivity contribution >= 4 is 121 Å². The summed E-state index contributed by atoms with van der Waals surface area (Å²) in [5, 5.41) is 30.8. The lowest BCUT2D eigenvalue weighted by atomic mass is 10.0. The molecule has 6 aromatic carbocycles. The van der Waals surface area contributed by atoms with Crippen LogP contribution in [-0.4, -0.2) is 202 Å². The summed E-state index contributed by atoms with van der Waals surface area (Å²) in [6, 6.07) is 42.9. The number of anilines is 6. The molecule has 5 aromatic heterocycles. The number of aromatic amines is 2. The van der Waals surface area contributed by atoms with Gasteiger partial charge in [-0.3, -0.25) is 24.2 Å². The lowest BCUT2D eigenvalue weighted by molar-refractivity contribution is -0.131. The summed E-state index contributed by atoms with van der Waals surface area (Å²) in [7, 11) is 1.66. The predicted octanol–water partition coefficient (Wildman–Crippen LogP) is 16.5. The molecule has 0 aliphatic carbocycles. The molecule has 124 heavy (non-hydrogen) atoms. The monoisotopic (exact) mass is 1700 g/mol. The van der Waals surface area contributed by atoms with Crippen LogP contribution in [0, 0.1) is 33.5 Å². The Morgan fingerprint density at radius 1 is 0.677 bits per heavy atom. The van der Waals surface area contributed by atoms with Gasteiger partial charge in [-0.1, -0.05) is 81.8 Å². The fraction of sp³-hybridized carbons (Fsp3) is 0.354. The van der Waals surface area contributed by atoms with Crippen LogP contribution in [0.2, 0.25) is 5.02 Å². The fourth-order valence-electron chi connectivity index (χ4n) is 15.9. The molecule has 26 nitrogen and oxygen atoms in total. The van der Waals surface area contributed by atoms with E-state index in [1.54, 1.807) is 38.0 Å². The first-order chi connectivity index (χ1) is 59.7. The molecule has 3 fully saturated rings. The molecule has 650 valence electrons. The second-order valence-corrected chi connectivity index (χ2v) is 31.7. The van der Waals surface area contributed by atoms with E-state index in [1.165, 1.54) is 50.0 Å². The van der Waals surface area contributed by atoms with Crippen molar-refractivity contribution in [1.82, 2.24) is 65.4 Å². The first kappa shape index (κ1) is 90.7. The number of H-pyrrole nitrogens is 2. The minimum absolute atomic E-state index is 0. The zero-order valence-electron chi connectivity index (χ0n) is 71.5. The van der Waals surface area contributed by atoms with E-state index in [1.807, 2.05) is 160 Å². The third-order valence-electron chi connectivity index (χ3n) is 22.6. The van der Waals surface area contributed by atoms with Crippen LogP contribution in [0.15, 0.2) is 158 Å². The number of nitrogens with zero attached hydrogens (tertiary/aromatic N) is 10. The van der Waals surface area contributed by atoms with Gasteiger partial charge in [0.1, 0.15) is 23.7 Å². The highest BCUT2D eigenvalue weighted by molar-refractivity contribution is 6.35. The molecule has 11 aromatic rings. The van der Waals surface area contributed by atoms with Crippen LogP contribution in [0.4, 0.5) is 43.6 Å². The number of urea groups is 1. The molecule has 0 spiro atoms. The molecule has 5 aliphatic rings. The van der Waals surface area contributed by atoms with Crippen LogP contribution in [0.1, 0.15) is 139 Å². The number of fused-ring (bicyclic) bond motifs is 4. The Hall–Kier alpha value is -12.6. The number of para-hydroxylation sites is 1. The van der Waals surface area contributed by atoms with Crippen LogP contribution in [0.3, 0.4) is 0 Å². The standard InChI is InChI=1S/C31H42N6O4.C22H27FN4O2.C22H26N4O2.C20H15ClN4.CH4/c1-23(2)41-25-10-8-24(9-11-25)34-31(38)37-17-15-36(16-18-37)30-26-20-28(39-3)29(21-27(26)32-22-33-30)40-19-7-14-35-12-5-4-6-13-35;1-5-27(6-2)10-9-24-22(29)20-13(3)19(25-14(20)4)12-17-16-11-15(23)7-8-18(16)26-21(17)28;1-14-16(7-8-21(27)26-11-9-23-10-12-26)15(2)24-20(14)13-18-17-5-3-4-6-19(17)25-22(18)28;21-15-5-7-16(8-6-15)23-20-18-4-2-1-3-17(18)19(24-25-20)13-14-9-11-22-12-10-14;/h8-11,20-23H,4-7,12-19H2,1-3H3,(H,34,38);7-8,11-12,25H,5-6,9-10H2,1-4H3,(H,24,29)(H,26,28);3-6,13,23-24H,7-12H2,1-2H3,(H,25,28);1-12H,13H2,(H,23,25);1H4/b;17-12-;18-13-;;. The molecular formula is C96H114ClFN18O8. The smallest absolute Gasteiger partial charge is 0.321 e. The molecule has 16 rings (SSSR count). The van der Waals surface area contributed by atoms with Crippen LogP contribution in [0.5, 0.6) is 17.2 Å².